The minimum Gasteiger partial charge on any atom is -0.478 e. The quantitative estimate of drug-likeness (QED) is 0.807. The number of aromatic carboxylic acids is 1. The van der Waals surface area contributed by atoms with Crippen LogP contribution in [0.25, 0.3) is 0 Å². The molecular weight excluding hydrogens is 380 g/mol. The molecule has 122 valence electrons. The summed E-state index contributed by atoms with van der Waals surface area (Å²) in [6.45, 7) is 4.42. The molecule has 2 aromatic rings. The van der Waals surface area contributed by atoms with Crippen molar-refractivity contribution in [1.82, 2.24) is 9.88 Å². The number of benzene rings is 1. The third-order valence-electron chi connectivity index (χ3n) is 3.33. The molecule has 0 bridgehead atoms. The van der Waals surface area contributed by atoms with Crippen LogP contribution in [0.3, 0.4) is 0 Å². The average molecular weight is 397 g/mol. The molecule has 0 radical (unpaired) electrons. The van der Waals surface area contributed by atoms with Crippen LogP contribution in [-0.2, 0) is 6.42 Å². The molecule has 0 aliphatic carbocycles. The number of carbonyl (C=O) groups is 2. The fourth-order valence-electron chi connectivity index (χ4n) is 2.19. The summed E-state index contributed by atoms with van der Waals surface area (Å²) in [5.41, 5.74) is 0.455. The van der Waals surface area contributed by atoms with E-state index < -0.39 is 5.97 Å². The van der Waals surface area contributed by atoms with Gasteiger partial charge in [0.2, 0.25) is 0 Å². The Morgan fingerprint density at radius 3 is 2.57 bits per heavy atom. The zero-order valence-electron chi connectivity index (χ0n) is 12.8. The number of carboxylic acid groups (broad SMARTS) is 1. The van der Waals surface area contributed by atoms with Crippen LogP contribution in [0, 0.1) is 0 Å². The van der Waals surface area contributed by atoms with Gasteiger partial charge in [-0.15, -0.1) is 11.3 Å². The van der Waals surface area contributed by atoms with Gasteiger partial charge in [-0.2, -0.15) is 0 Å². The highest BCUT2D eigenvalue weighted by atomic mass is 79.9. The van der Waals surface area contributed by atoms with Crippen molar-refractivity contribution in [3.63, 3.8) is 0 Å². The Kier molecular flexibility index (Phi) is 5.90. The number of carbonyl (C=O) groups excluding carboxylic acids is 1. The molecular formula is C16H17BrN2O3S. The summed E-state index contributed by atoms with van der Waals surface area (Å²) in [4.78, 5) is 29.9. The number of hydrogen-bond acceptors (Lipinski definition) is 4. The van der Waals surface area contributed by atoms with Gasteiger partial charge in [-0.3, -0.25) is 4.79 Å². The predicted octanol–water partition coefficient (Wildman–Crippen LogP) is 3.70. The van der Waals surface area contributed by atoms with Crippen LogP contribution in [0.4, 0.5) is 0 Å². The third-order valence-corrected chi connectivity index (χ3v) is 4.62. The van der Waals surface area contributed by atoms with E-state index in [2.05, 4.69) is 20.9 Å². The van der Waals surface area contributed by atoms with E-state index in [4.69, 9.17) is 5.11 Å². The van der Waals surface area contributed by atoms with Gasteiger partial charge < -0.3 is 10.0 Å². The van der Waals surface area contributed by atoms with Gasteiger partial charge in [0.15, 0.2) is 0 Å². The molecule has 1 N–H and O–H groups in total. The highest BCUT2D eigenvalue weighted by Gasteiger charge is 2.20. The first-order chi connectivity index (χ1) is 10.9. The summed E-state index contributed by atoms with van der Waals surface area (Å²) in [6.07, 6.45) is 2.43. The molecule has 0 saturated carbocycles. The standard InChI is InChI=1S/C16H17BrN2O3S/c1-10(2)19(5-3-14-18-4-6-23-14)15(20)11-7-12(16(21)22)9-13(17)8-11/h4,6-10H,3,5H2,1-2H3,(H,21,22). The van der Waals surface area contributed by atoms with Gasteiger partial charge in [0.1, 0.15) is 0 Å². The topological polar surface area (TPSA) is 70.5 Å². The summed E-state index contributed by atoms with van der Waals surface area (Å²) in [5, 5.41) is 12.0. The third kappa shape index (κ3) is 4.62. The summed E-state index contributed by atoms with van der Waals surface area (Å²) in [7, 11) is 0. The van der Waals surface area contributed by atoms with Crippen LogP contribution < -0.4 is 0 Å². The highest BCUT2D eigenvalue weighted by molar-refractivity contribution is 9.10. The molecule has 23 heavy (non-hydrogen) atoms. The Bertz CT molecular complexity index is 701. The summed E-state index contributed by atoms with van der Waals surface area (Å²) in [6, 6.07) is 4.55. The van der Waals surface area contributed by atoms with E-state index in [1.165, 1.54) is 12.1 Å². The SMILES string of the molecule is CC(C)N(CCc1nccs1)C(=O)c1cc(Br)cc(C(=O)O)c1. The van der Waals surface area contributed by atoms with Gasteiger partial charge in [-0.25, -0.2) is 9.78 Å². The number of aromatic nitrogens is 1. The largest absolute Gasteiger partial charge is 0.478 e. The fraction of sp³-hybridized carbons (Fsp3) is 0.312. The Balaban J connectivity index is 2.22. The molecule has 0 saturated heterocycles. The number of halogens is 1. The van der Waals surface area contributed by atoms with Crippen molar-refractivity contribution in [3.05, 3.63) is 50.4 Å². The van der Waals surface area contributed by atoms with Gasteiger partial charge in [0.05, 0.1) is 10.6 Å². The minimum absolute atomic E-state index is 0.00900. The van der Waals surface area contributed by atoms with Crippen LogP contribution in [0.2, 0.25) is 0 Å². The maximum Gasteiger partial charge on any atom is 0.335 e. The Labute approximate surface area is 147 Å². The lowest BCUT2D eigenvalue weighted by molar-refractivity contribution is 0.0697. The van der Waals surface area contributed by atoms with Crippen LogP contribution in [-0.4, -0.2) is 39.5 Å². The molecule has 5 nitrogen and oxygen atoms in total. The lowest BCUT2D eigenvalue weighted by Gasteiger charge is -2.26. The number of carboxylic acids is 1. The minimum atomic E-state index is -1.06. The first-order valence-electron chi connectivity index (χ1n) is 7.11. The van der Waals surface area contributed by atoms with Crippen molar-refractivity contribution in [2.24, 2.45) is 0 Å². The molecule has 7 heteroatoms. The predicted molar refractivity (Wildman–Crippen MR) is 93.1 cm³/mol. The zero-order chi connectivity index (χ0) is 17.0. The van der Waals surface area contributed by atoms with E-state index in [1.54, 1.807) is 28.5 Å². The second-order valence-corrected chi connectivity index (χ2v) is 7.20. The molecule has 2 rings (SSSR count). The normalized spacial score (nSPS) is 10.8. The van der Waals surface area contributed by atoms with Gasteiger partial charge in [-0.1, -0.05) is 15.9 Å². The van der Waals surface area contributed by atoms with Crippen LogP contribution in [0.1, 0.15) is 39.6 Å². The van der Waals surface area contributed by atoms with Gasteiger partial charge in [0.25, 0.3) is 5.91 Å². The summed E-state index contributed by atoms with van der Waals surface area (Å²) in [5.74, 6) is -1.24. The molecule has 1 heterocycles. The van der Waals surface area contributed by atoms with E-state index in [-0.39, 0.29) is 17.5 Å². The lowest BCUT2D eigenvalue weighted by atomic mass is 10.1. The van der Waals surface area contributed by atoms with Crippen LogP contribution >= 0.6 is 27.3 Å². The molecule has 1 aromatic heterocycles. The van der Waals surface area contributed by atoms with Crippen molar-refractivity contribution < 1.29 is 14.7 Å². The van der Waals surface area contributed by atoms with E-state index in [9.17, 15) is 9.59 Å². The molecule has 0 fully saturated rings. The van der Waals surface area contributed by atoms with E-state index in [1.807, 2.05) is 19.2 Å². The van der Waals surface area contributed by atoms with Gasteiger partial charge in [-0.05, 0) is 32.0 Å². The first-order valence-corrected chi connectivity index (χ1v) is 8.79. The second kappa shape index (κ2) is 7.70. The Hall–Kier alpha value is -1.73. The van der Waals surface area contributed by atoms with Crippen molar-refractivity contribution in [1.29, 1.82) is 0 Å². The monoisotopic (exact) mass is 396 g/mol. The maximum atomic E-state index is 12.8. The van der Waals surface area contributed by atoms with Gasteiger partial charge in [0, 0.05) is 40.6 Å². The maximum absolute atomic E-state index is 12.8. The van der Waals surface area contributed by atoms with E-state index in [0.717, 1.165) is 5.01 Å². The summed E-state index contributed by atoms with van der Waals surface area (Å²) < 4.78 is 0.573. The van der Waals surface area contributed by atoms with E-state index in [0.29, 0.717) is 23.0 Å². The molecule has 0 unspecified atom stereocenters. The Morgan fingerprint density at radius 1 is 1.30 bits per heavy atom. The van der Waals surface area contributed by atoms with Crippen molar-refractivity contribution >= 4 is 39.1 Å². The first kappa shape index (κ1) is 17.6. The number of amides is 1. The van der Waals surface area contributed by atoms with Crippen LogP contribution in [0.5, 0.6) is 0 Å². The molecule has 1 aromatic carbocycles. The van der Waals surface area contributed by atoms with E-state index >= 15 is 0 Å². The molecule has 1 amide bonds. The Morgan fingerprint density at radius 2 is 2.00 bits per heavy atom. The number of hydrogen-bond donors (Lipinski definition) is 1. The molecule has 0 spiro atoms. The van der Waals surface area contributed by atoms with Crippen molar-refractivity contribution in [2.45, 2.75) is 26.3 Å². The fourth-order valence-corrected chi connectivity index (χ4v) is 3.29. The molecule has 0 aliphatic heterocycles. The van der Waals surface area contributed by atoms with Crippen molar-refractivity contribution in [3.8, 4) is 0 Å². The second-order valence-electron chi connectivity index (χ2n) is 5.30. The van der Waals surface area contributed by atoms with Crippen LogP contribution in [0.15, 0.2) is 34.2 Å². The lowest BCUT2D eigenvalue weighted by Crippen LogP contribution is -2.38. The van der Waals surface area contributed by atoms with Gasteiger partial charge >= 0.3 is 5.97 Å². The number of rotatable bonds is 6. The molecule has 0 atom stereocenters. The molecule has 0 aliphatic rings. The van der Waals surface area contributed by atoms with Crippen molar-refractivity contribution in [2.75, 3.05) is 6.54 Å². The summed E-state index contributed by atoms with van der Waals surface area (Å²) >= 11 is 4.82. The average Bonchev–Trinajstić information content (AvgIpc) is 2.99. The highest BCUT2D eigenvalue weighted by Crippen LogP contribution is 2.19. The smallest absolute Gasteiger partial charge is 0.335 e. The number of thiazole rings is 1. The zero-order valence-corrected chi connectivity index (χ0v) is 15.2. The number of nitrogens with zero attached hydrogens (tertiary/aromatic N) is 2.